The first-order chi connectivity index (χ1) is 10.9. The molecular weight excluding hydrogens is 310 g/mol. The van der Waals surface area contributed by atoms with E-state index in [0.717, 1.165) is 11.1 Å². The Morgan fingerprint density at radius 3 is 2.65 bits per heavy atom. The van der Waals surface area contributed by atoms with Gasteiger partial charge in [-0.1, -0.05) is 74.5 Å². The van der Waals surface area contributed by atoms with Gasteiger partial charge in [0.1, 0.15) is 5.82 Å². The van der Waals surface area contributed by atoms with E-state index in [1.807, 2.05) is 51.1 Å². The van der Waals surface area contributed by atoms with Crippen LogP contribution < -0.4 is 0 Å². The minimum Gasteiger partial charge on any atom is -0.222 e. The van der Waals surface area contributed by atoms with Crippen molar-refractivity contribution in [2.24, 2.45) is 0 Å². The fourth-order valence-corrected chi connectivity index (χ4v) is 2.51. The van der Waals surface area contributed by atoms with Crippen molar-refractivity contribution < 1.29 is 0 Å². The Balaban J connectivity index is 2.11. The van der Waals surface area contributed by atoms with Gasteiger partial charge in [-0.3, -0.25) is 0 Å². The maximum absolute atomic E-state index is 6.26. The lowest BCUT2D eigenvalue weighted by atomic mass is 9.96. The van der Waals surface area contributed by atoms with Crippen LogP contribution in [0.15, 0.2) is 30.8 Å². The van der Waals surface area contributed by atoms with Crippen LogP contribution in [0.1, 0.15) is 37.7 Å². The van der Waals surface area contributed by atoms with E-state index in [9.17, 15) is 0 Å². The standard InChI is InChI=1S/C17H18ClN5/c1-5-11-8-6-7-9-12(11)10-23-15-13(21-22-23)14(18)19-16(20-15)17(2,3)4/h5-9H,1,10H2,2-4H3. The van der Waals surface area contributed by atoms with E-state index < -0.39 is 0 Å². The van der Waals surface area contributed by atoms with Gasteiger partial charge in [-0.15, -0.1) is 5.10 Å². The summed E-state index contributed by atoms with van der Waals surface area (Å²) in [6, 6.07) is 8.03. The minimum atomic E-state index is -0.202. The van der Waals surface area contributed by atoms with E-state index in [-0.39, 0.29) is 5.41 Å². The van der Waals surface area contributed by atoms with Gasteiger partial charge in [-0.05, 0) is 11.1 Å². The molecule has 0 radical (unpaired) electrons. The second-order valence-corrected chi connectivity index (χ2v) is 6.77. The molecule has 0 aliphatic carbocycles. The zero-order valence-corrected chi connectivity index (χ0v) is 14.2. The van der Waals surface area contributed by atoms with Crippen LogP contribution >= 0.6 is 11.6 Å². The third-order valence-electron chi connectivity index (χ3n) is 3.59. The fourth-order valence-electron chi connectivity index (χ4n) is 2.30. The topological polar surface area (TPSA) is 56.5 Å². The molecule has 23 heavy (non-hydrogen) atoms. The molecule has 0 N–H and O–H groups in total. The zero-order valence-electron chi connectivity index (χ0n) is 13.4. The molecule has 2 heterocycles. The predicted octanol–water partition coefficient (Wildman–Crippen LogP) is 3.86. The molecule has 3 rings (SSSR count). The van der Waals surface area contributed by atoms with Crippen LogP contribution in [0.3, 0.4) is 0 Å². The first kappa shape index (κ1) is 15.6. The summed E-state index contributed by atoms with van der Waals surface area (Å²) in [5.74, 6) is 0.676. The molecule has 0 amide bonds. The molecule has 0 fully saturated rings. The monoisotopic (exact) mass is 327 g/mol. The smallest absolute Gasteiger partial charge is 0.183 e. The fraction of sp³-hybridized carbons (Fsp3) is 0.294. The molecule has 0 saturated carbocycles. The average molecular weight is 328 g/mol. The molecule has 0 spiro atoms. The largest absolute Gasteiger partial charge is 0.222 e. The lowest BCUT2D eigenvalue weighted by Crippen LogP contribution is -2.17. The molecular formula is C17H18ClN5. The molecule has 0 unspecified atom stereocenters. The number of hydrogen-bond donors (Lipinski definition) is 0. The van der Waals surface area contributed by atoms with Crippen molar-refractivity contribution in [3.63, 3.8) is 0 Å². The Morgan fingerprint density at radius 2 is 1.96 bits per heavy atom. The Kier molecular flexibility index (Phi) is 3.90. The van der Waals surface area contributed by atoms with Gasteiger partial charge >= 0.3 is 0 Å². The Hall–Kier alpha value is -2.27. The van der Waals surface area contributed by atoms with Crippen LogP contribution in [0.4, 0.5) is 0 Å². The van der Waals surface area contributed by atoms with E-state index in [1.165, 1.54) is 0 Å². The van der Waals surface area contributed by atoms with Crippen molar-refractivity contribution in [2.75, 3.05) is 0 Å². The molecule has 0 bridgehead atoms. The summed E-state index contributed by atoms with van der Waals surface area (Å²) in [5.41, 5.74) is 3.13. The number of nitrogens with zero attached hydrogens (tertiary/aromatic N) is 5. The number of rotatable bonds is 3. The van der Waals surface area contributed by atoms with Crippen LogP contribution in [0.25, 0.3) is 17.2 Å². The highest BCUT2D eigenvalue weighted by molar-refractivity contribution is 6.33. The number of benzene rings is 1. The lowest BCUT2D eigenvalue weighted by molar-refractivity contribution is 0.545. The van der Waals surface area contributed by atoms with Crippen molar-refractivity contribution in [3.05, 3.63) is 52.9 Å². The van der Waals surface area contributed by atoms with Gasteiger partial charge in [0.2, 0.25) is 0 Å². The van der Waals surface area contributed by atoms with Gasteiger partial charge in [0.25, 0.3) is 0 Å². The van der Waals surface area contributed by atoms with Crippen molar-refractivity contribution >= 4 is 28.8 Å². The summed E-state index contributed by atoms with van der Waals surface area (Å²) < 4.78 is 1.75. The highest BCUT2D eigenvalue weighted by Crippen LogP contribution is 2.25. The Bertz CT molecular complexity index is 876. The minimum absolute atomic E-state index is 0.202. The van der Waals surface area contributed by atoms with Crippen molar-refractivity contribution in [1.29, 1.82) is 0 Å². The van der Waals surface area contributed by atoms with Crippen molar-refractivity contribution in [3.8, 4) is 0 Å². The second-order valence-electron chi connectivity index (χ2n) is 6.41. The van der Waals surface area contributed by atoms with Gasteiger partial charge in [0, 0.05) is 5.41 Å². The van der Waals surface area contributed by atoms with Gasteiger partial charge < -0.3 is 0 Å². The third-order valence-corrected chi connectivity index (χ3v) is 3.85. The summed E-state index contributed by atoms with van der Waals surface area (Å²) in [6.45, 7) is 10.5. The SMILES string of the molecule is C=Cc1ccccc1Cn1nnc2c(Cl)nc(C(C)(C)C)nc21. The quantitative estimate of drug-likeness (QED) is 0.685. The van der Waals surface area contributed by atoms with Crippen molar-refractivity contribution in [1.82, 2.24) is 25.0 Å². The van der Waals surface area contributed by atoms with Crippen molar-refractivity contribution in [2.45, 2.75) is 32.7 Å². The average Bonchev–Trinajstić information content (AvgIpc) is 2.91. The summed E-state index contributed by atoms with van der Waals surface area (Å²) in [4.78, 5) is 8.98. The van der Waals surface area contributed by atoms with Crippen LogP contribution in [-0.2, 0) is 12.0 Å². The third kappa shape index (κ3) is 2.97. The summed E-state index contributed by atoms with van der Waals surface area (Å²) >= 11 is 6.26. The molecule has 3 aromatic rings. The van der Waals surface area contributed by atoms with E-state index in [4.69, 9.17) is 11.6 Å². The summed E-state index contributed by atoms with van der Waals surface area (Å²) in [5, 5.41) is 8.65. The van der Waals surface area contributed by atoms with Crippen LogP contribution in [0.5, 0.6) is 0 Å². The van der Waals surface area contributed by atoms with Crippen LogP contribution in [-0.4, -0.2) is 25.0 Å². The maximum Gasteiger partial charge on any atom is 0.183 e. The van der Waals surface area contributed by atoms with E-state index in [2.05, 4.69) is 26.9 Å². The Morgan fingerprint density at radius 1 is 1.22 bits per heavy atom. The van der Waals surface area contributed by atoms with Gasteiger partial charge in [-0.2, -0.15) is 0 Å². The van der Waals surface area contributed by atoms with Crippen LogP contribution in [0, 0.1) is 0 Å². The first-order valence-corrected chi connectivity index (χ1v) is 7.75. The molecule has 6 heteroatoms. The van der Waals surface area contributed by atoms with E-state index in [0.29, 0.717) is 28.7 Å². The lowest BCUT2D eigenvalue weighted by Gasteiger charge is -2.16. The highest BCUT2D eigenvalue weighted by Gasteiger charge is 2.22. The number of hydrogen-bond acceptors (Lipinski definition) is 4. The normalized spacial score (nSPS) is 11.8. The van der Waals surface area contributed by atoms with E-state index >= 15 is 0 Å². The van der Waals surface area contributed by atoms with Gasteiger partial charge in [0.05, 0.1) is 6.54 Å². The Labute approximate surface area is 140 Å². The van der Waals surface area contributed by atoms with Gasteiger partial charge in [-0.25, -0.2) is 14.6 Å². The van der Waals surface area contributed by atoms with Gasteiger partial charge in [0.15, 0.2) is 16.3 Å². The molecule has 1 aromatic carbocycles. The molecule has 5 nitrogen and oxygen atoms in total. The maximum atomic E-state index is 6.26. The number of fused-ring (bicyclic) bond motifs is 1. The molecule has 118 valence electrons. The molecule has 0 aliphatic rings. The predicted molar refractivity (Wildman–Crippen MR) is 92.5 cm³/mol. The number of aromatic nitrogens is 5. The molecule has 0 aliphatic heterocycles. The second kappa shape index (κ2) is 5.74. The van der Waals surface area contributed by atoms with E-state index in [1.54, 1.807) is 4.68 Å². The molecule has 0 saturated heterocycles. The molecule has 2 aromatic heterocycles. The number of halogens is 1. The van der Waals surface area contributed by atoms with Crippen LogP contribution in [0.2, 0.25) is 5.15 Å². The zero-order chi connectivity index (χ0) is 16.6. The molecule has 0 atom stereocenters. The first-order valence-electron chi connectivity index (χ1n) is 7.37. The summed E-state index contributed by atoms with van der Waals surface area (Å²) in [7, 11) is 0. The highest BCUT2D eigenvalue weighted by atomic mass is 35.5. The summed E-state index contributed by atoms with van der Waals surface area (Å²) in [6.07, 6.45) is 1.83.